The third kappa shape index (κ3) is 4.40. The summed E-state index contributed by atoms with van der Waals surface area (Å²) in [4.78, 5) is 37.8. The minimum absolute atomic E-state index is 0.164. The van der Waals surface area contributed by atoms with Gasteiger partial charge in [-0.15, -0.1) is 0 Å². The van der Waals surface area contributed by atoms with Crippen molar-refractivity contribution in [3.05, 3.63) is 50.8 Å². The summed E-state index contributed by atoms with van der Waals surface area (Å²) < 4.78 is 22.2. The second-order valence-corrected chi connectivity index (χ2v) is 6.69. The monoisotopic (exact) mass is 437 g/mol. The zero-order chi connectivity index (χ0) is 22.7. The highest BCUT2D eigenvalue weighted by Gasteiger charge is 2.44. The molecule has 2 aromatic rings. The summed E-state index contributed by atoms with van der Waals surface area (Å²) in [5.74, 6) is 0.386. The number of hydrogen-bond acceptors (Lipinski definition) is 9. The van der Waals surface area contributed by atoms with Gasteiger partial charge in [0.1, 0.15) is 18.3 Å². The third-order valence-corrected chi connectivity index (χ3v) is 4.85. The number of aromatic amines is 1. The Morgan fingerprint density at radius 3 is 2.32 bits per heavy atom. The summed E-state index contributed by atoms with van der Waals surface area (Å²) in [6.07, 6.45) is -3.93. The van der Waals surface area contributed by atoms with Crippen LogP contribution in [-0.2, 0) is 4.74 Å². The molecule has 2 heterocycles. The minimum atomic E-state index is -1.45. The fourth-order valence-electron chi connectivity index (χ4n) is 3.26. The van der Waals surface area contributed by atoms with Gasteiger partial charge in [-0.3, -0.25) is 19.1 Å². The van der Waals surface area contributed by atoms with Crippen LogP contribution in [0.25, 0.3) is 0 Å². The normalized spacial score (nSPS) is 22.7. The van der Waals surface area contributed by atoms with E-state index in [1.165, 1.54) is 33.5 Å². The number of benzene rings is 1. The molecule has 3 rings (SSSR count). The minimum Gasteiger partial charge on any atom is -0.493 e. The highest BCUT2D eigenvalue weighted by Crippen LogP contribution is 2.38. The van der Waals surface area contributed by atoms with E-state index in [2.05, 4.69) is 5.32 Å². The lowest BCUT2D eigenvalue weighted by atomic mass is 10.1. The molecule has 1 saturated heterocycles. The highest BCUT2D eigenvalue weighted by atomic mass is 16.6. The molecule has 0 spiro atoms. The highest BCUT2D eigenvalue weighted by molar-refractivity contribution is 5.95. The van der Waals surface area contributed by atoms with Crippen LogP contribution in [0.3, 0.4) is 0 Å². The summed E-state index contributed by atoms with van der Waals surface area (Å²) >= 11 is 0. The van der Waals surface area contributed by atoms with E-state index in [0.717, 1.165) is 16.8 Å². The standard InChI is InChI=1S/C19H23N3O9/c1-28-10-6-9(7-11(29-2)16(10)30-3)17(26)20-8-12-14(24)15(25)18(31-12)22-5-4-13(23)21-19(22)27/h4-7,12,14-15,18,24-25H,8H2,1-3H3,(H,20,26)(H,21,23,27)/t12-,14-,15-,18-/m1/s1. The fraction of sp³-hybridized carbons (Fsp3) is 0.421. The Labute approximate surface area is 175 Å². The van der Waals surface area contributed by atoms with E-state index in [-0.39, 0.29) is 23.6 Å². The maximum atomic E-state index is 12.6. The van der Waals surface area contributed by atoms with Crippen LogP contribution in [0.4, 0.5) is 0 Å². The van der Waals surface area contributed by atoms with Gasteiger partial charge < -0.3 is 34.5 Å². The molecule has 0 aliphatic carbocycles. The molecule has 168 valence electrons. The van der Waals surface area contributed by atoms with Crippen LogP contribution in [0.2, 0.25) is 0 Å². The number of methoxy groups -OCH3 is 3. The Morgan fingerprint density at radius 1 is 1.13 bits per heavy atom. The van der Waals surface area contributed by atoms with Crippen molar-refractivity contribution in [1.82, 2.24) is 14.9 Å². The van der Waals surface area contributed by atoms with Crippen LogP contribution in [0, 0.1) is 0 Å². The largest absolute Gasteiger partial charge is 0.493 e. The molecule has 0 saturated carbocycles. The predicted molar refractivity (Wildman–Crippen MR) is 106 cm³/mol. The number of carbonyl (C=O) groups excluding carboxylic acids is 1. The number of aromatic nitrogens is 2. The molecule has 0 unspecified atom stereocenters. The Morgan fingerprint density at radius 2 is 1.77 bits per heavy atom. The molecule has 1 aliphatic rings. The lowest BCUT2D eigenvalue weighted by molar-refractivity contribution is -0.0387. The molecule has 4 N–H and O–H groups in total. The molecule has 0 radical (unpaired) electrons. The van der Waals surface area contributed by atoms with Gasteiger partial charge in [0.05, 0.1) is 21.3 Å². The van der Waals surface area contributed by atoms with Crippen molar-refractivity contribution in [2.45, 2.75) is 24.5 Å². The van der Waals surface area contributed by atoms with Gasteiger partial charge in [-0.2, -0.15) is 0 Å². The Balaban J connectivity index is 1.73. The predicted octanol–water partition coefficient (Wildman–Crippen LogP) is -1.39. The number of H-pyrrole nitrogens is 1. The number of aliphatic hydroxyl groups is 2. The van der Waals surface area contributed by atoms with Crippen LogP contribution in [0.5, 0.6) is 17.2 Å². The summed E-state index contributed by atoms with van der Waals surface area (Å²) in [5.41, 5.74) is -1.20. The van der Waals surface area contributed by atoms with Gasteiger partial charge in [0.15, 0.2) is 17.7 Å². The summed E-state index contributed by atoms with van der Waals surface area (Å²) in [7, 11) is 4.28. The van der Waals surface area contributed by atoms with Crippen LogP contribution in [0.1, 0.15) is 16.6 Å². The van der Waals surface area contributed by atoms with E-state index in [1.54, 1.807) is 0 Å². The maximum Gasteiger partial charge on any atom is 0.330 e. The molecule has 1 aromatic heterocycles. The van der Waals surface area contributed by atoms with Gasteiger partial charge in [0, 0.05) is 24.4 Å². The number of rotatable bonds is 7. The van der Waals surface area contributed by atoms with E-state index in [1.807, 2.05) is 4.98 Å². The summed E-state index contributed by atoms with van der Waals surface area (Å²) in [6.45, 7) is -0.164. The first-order valence-corrected chi connectivity index (χ1v) is 9.22. The summed E-state index contributed by atoms with van der Waals surface area (Å²) in [6, 6.07) is 4.00. The smallest absolute Gasteiger partial charge is 0.330 e. The van der Waals surface area contributed by atoms with E-state index < -0.39 is 41.7 Å². The zero-order valence-electron chi connectivity index (χ0n) is 17.0. The van der Waals surface area contributed by atoms with Crippen LogP contribution in [-0.4, -0.2) is 71.9 Å². The van der Waals surface area contributed by atoms with Gasteiger partial charge in [-0.05, 0) is 12.1 Å². The van der Waals surface area contributed by atoms with Crippen molar-refractivity contribution in [3.8, 4) is 17.2 Å². The molecule has 1 aromatic carbocycles. The van der Waals surface area contributed by atoms with Gasteiger partial charge in [0.25, 0.3) is 11.5 Å². The first-order valence-electron chi connectivity index (χ1n) is 9.22. The van der Waals surface area contributed by atoms with Crippen LogP contribution in [0.15, 0.2) is 34.0 Å². The first kappa shape index (κ1) is 22.3. The Hall–Kier alpha value is -3.35. The third-order valence-electron chi connectivity index (χ3n) is 4.85. The molecule has 1 fully saturated rings. The molecular formula is C19H23N3O9. The van der Waals surface area contributed by atoms with Crippen molar-refractivity contribution in [2.75, 3.05) is 27.9 Å². The van der Waals surface area contributed by atoms with E-state index in [9.17, 15) is 24.6 Å². The van der Waals surface area contributed by atoms with Crippen LogP contribution >= 0.6 is 0 Å². The molecule has 4 atom stereocenters. The molecule has 12 heteroatoms. The molecule has 0 bridgehead atoms. The van der Waals surface area contributed by atoms with E-state index in [0.29, 0.717) is 5.75 Å². The average molecular weight is 437 g/mol. The first-order chi connectivity index (χ1) is 14.8. The topological polar surface area (TPSA) is 161 Å². The van der Waals surface area contributed by atoms with Crippen molar-refractivity contribution in [2.24, 2.45) is 0 Å². The lowest BCUT2D eigenvalue weighted by Gasteiger charge is -2.17. The van der Waals surface area contributed by atoms with Crippen LogP contribution < -0.4 is 30.8 Å². The van der Waals surface area contributed by atoms with Gasteiger partial charge in [-0.25, -0.2) is 4.79 Å². The van der Waals surface area contributed by atoms with E-state index in [4.69, 9.17) is 18.9 Å². The molecule has 1 aliphatic heterocycles. The number of carbonyl (C=O) groups is 1. The SMILES string of the molecule is COc1cc(C(=O)NC[C@H]2O[C@@H](n3ccc(=O)[nH]c3=O)[C@H](O)[C@@H]2O)cc(OC)c1OC. The molecule has 31 heavy (non-hydrogen) atoms. The lowest BCUT2D eigenvalue weighted by Crippen LogP contribution is -2.40. The van der Waals surface area contributed by atoms with Gasteiger partial charge in [0.2, 0.25) is 5.75 Å². The quantitative estimate of drug-likeness (QED) is 0.409. The number of aliphatic hydroxyl groups excluding tert-OH is 2. The van der Waals surface area contributed by atoms with Crippen molar-refractivity contribution in [1.29, 1.82) is 0 Å². The second-order valence-electron chi connectivity index (χ2n) is 6.69. The second kappa shape index (κ2) is 9.20. The van der Waals surface area contributed by atoms with Crippen molar-refractivity contribution < 1.29 is 34.0 Å². The summed E-state index contributed by atoms with van der Waals surface area (Å²) in [5, 5.41) is 23.1. The zero-order valence-corrected chi connectivity index (χ0v) is 17.0. The number of nitrogens with one attached hydrogen (secondary N) is 2. The van der Waals surface area contributed by atoms with Crippen molar-refractivity contribution >= 4 is 5.91 Å². The number of hydrogen-bond donors (Lipinski definition) is 4. The Kier molecular flexibility index (Phi) is 6.63. The maximum absolute atomic E-state index is 12.6. The molecule has 1 amide bonds. The van der Waals surface area contributed by atoms with E-state index >= 15 is 0 Å². The number of ether oxygens (including phenoxy) is 4. The van der Waals surface area contributed by atoms with Crippen molar-refractivity contribution in [3.63, 3.8) is 0 Å². The number of nitrogens with zero attached hydrogens (tertiary/aromatic N) is 1. The molecular weight excluding hydrogens is 414 g/mol. The number of amides is 1. The average Bonchev–Trinajstić information content (AvgIpc) is 3.04. The van der Waals surface area contributed by atoms with Gasteiger partial charge in [-0.1, -0.05) is 0 Å². The fourth-order valence-corrected chi connectivity index (χ4v) is 3.26. The Bertz CT molecular complexity index is 1040. The molecule has 12 nitrogen and oxygen atoms in total. The van der Waals surface area contributed by atoms with Gasteiger partial charge >= 0.3 is 5.69 Å².